The first-order valence-corrected chi connectivity index (χ1v) is 7.14. The van der Waals surface area contributed by atoms with Gasteiger partial charge in [0.05, 0.1) is 0 Å². The van der Waals surface area contributed by atoms with E-state index in [-0.39, 0.29) is 0 Å². The Kier molecular flexibility index (Phi) is 4.79. The van der Waals surface area contributed by atoms with Crippen molar-refractivity contribution in [3.8, 4) is 0 Å². The van der Waals surface area contributed by atoms with E-state index in [1.807, 2.05) is 0 Å². The number of nitrogens with zero attached hydrogens (tertiary/aromatic N) is 1. The van der Waals surface area contributed by atoms with Crippen molar-refractivity contribution < 1.29 is 0 Å². The molecule has 2 unspecified atom stereocenters. The maximum atomic E-state index is 6.06. The predicted molar refractivity (Wildman–Crippen MR) is 77.4 cm³/mol. The smallest absolute Gasteiger partial charge is 0.0233 e. The molecule has 100 valence electrons. The number of nitrogens with two attached hydrogens (primary N) is 1. The molecule has 2 nitrogen and oxygen atoms in total. The van der Waals surface area contributed by atoms with E-state index in [9.17, 15) is 0 Å². The first-order chi connectivity index (χ1) is 8.65. The summed E-state index contributed by atoms with van der Waals surface area (Å²) < 4.78 is 0. The lowest BCUT2D eigenvalue weighted by atomic mass is 9.86. The van der Waals surface area contributed by atoms with Crippen molar-refractivity contribution in [2.75, 3.05) is 13.6 Å². The summed E-state index contributed by atoms with van der Waals surface area (Å²) in [6, 6.07) is 9.11. The van der Waals surface area contributed by atoms with Crippen LogP contribution in [0.4, 0.5) is 0 Å². The van der Waals surface area contributed by atoms with Crippen LogP contribution in [0.15, 0.2) is 24.3 Å². The molecule has 0 amide bonds. The van der Waals surface area contributed by atoms with Crippen molar-refractivity contribution in [1.82, 2.24) is 4.90 Å². The molecule has 1 fully saturated rings. The Bertz CT molecular complexity index is 375. The molecule has 0 aromatic heterocycles. The van der Waals surface area contributed by atoms with Crippen molar-refractivity contribution >= 4 is 0 Å². The Morgan fingerprint density at radius 1 is 1.28 bits per heavy atom. The lowest BCUT2D eigenvalue weighted by Crippen LogP contribution is -2.34. The maximum Gasteiger partial charge on any atom is 0.0233 e. The van der Waals surface area contributed by atoms with E-state index in [1.54, 1.807) is 0 Å². The predicted octanol–water partition coefficient (Wildman–Crippen LogP) is 2.94. The molecule has 0 aliphatic heterocycles. The van der Waals surface area contributed by atoms with E-state index < -0.39 is 0 Å². The SMILES string of the molecule is Cc1ccccc1CN(C)CC1CCCC(N)C1. The van der Waals surface area contributed by atoms with Crippen LogP contribution >= 0.6 is 0 Å². The van der Waals surface area contributed by atoms with Crippen LogP contribution in [-0.4, -0.2) is 24.5 Å². The normalized spacial score (nSPS) is 24.4. The zero-order valence-corrected chi connectivity index (χ0v) is 11.7. The summed E-state index contributed by atoms with van der Waals surface area (Å²) in [5, 5.41) is 0. The fourth-order valence-electron chi connectivity index (χ4n) is 3.08. The van der Waals surface area contributed by atoms with Gasteiger partial charge in [0.1, 0.15) is 0 Å². The standard InChI is InChI=1S/C16H26N2/c1-13-6-3-4-8-15(13)12-18(2)11-14-7-5-9-16(17)10-14/h3-4,6,8,14,16H,5,7,9-12,17H2,1-2H3. The minimum atomic E-state index is 0.440. The Hall–Kier alpha value is -0.860. The fourth-order valence-corrected chi connectivity index (χ4v) is 3.08. The van der Waals surface area contributed by atoms with Crippen LogP contribution in [0.25, 0.3) is 0 Å². The minimum absolute atomic E-state index is 0.440. The first-order valence-electron chi connectivity index (χ1n) is 7.14. The van der Waals surface area contributed by atoms with E-state index in [1.165, 1.54) is 43.4 Å². The van der Waals surface area contributed by atoms with Gasteiger partial charge in [0.15, 0.2) is 0 Å². The van der Waals surface area contributed by atoms with Gasteiger partial charge in [0.2, 0.25) is 0 Å². The molecule has 1 aliphatic carbocycles. The molecule has 2 atom stereocenters. The van der Waals surface area contributed by atoms with Gasteiger partial charge in [-0.15, -0.1) is 0 Å². The molecule has 0 radical (unpaired) electrons. The third-order valence-electron chi connectivity index (χ3n) is 4.09. The van der Waals surface area contributed by atoms with Crippen molar-refractivity contribution in [2.45, 2.75) is 45.2 Å². The highest BCUT2D eigenvalue weighted by atomic mass is 15.1. The van der Waals surface area contributed by atoms with E-state index in [2.05, 4.69) is 43.1 Å². The Morgan fingerprint density at radius 2 is 2.06 bits per heavy atom. The molecule has 1 saturated carbocycles. The van der Waals surface area contributed by atoms with Crippen molar-refractivity contribution in [3.05, 3.63) is 35.4 Å². The van der Waals surface area contributed by atoms with Gasteiger partial charge in [0.25, 0.3) is 0 Å². The lowest BCUT2D eigenvalue weighted by Gasteiger charge is -2.30. The number of rotatable bonds is 4. The molecular weight excluding hydrogens is 220 g/mol. The fraction of sp³-hybridized carbons (Fsp3) is 0.625. The minimum Gasteiger partial charge on any atom is -0.328 e. The second kappa shape index (κ2) is 6.35. The van der Waals surface area contributed by atoms with Gasteiger partial charge in [-0.1, -0.05) is 30.7 Å². The summed E-state index contributed by atoms with van der Waals surface area (Å²) in [6.45, 7) is 4.43. The summed E-state index contributed by atoms with van der Waals surface area (Å²) >= 11 is 0. The van der Waals surface area contributed by atoms with Gasteiger partial charge in [-0.2, -0.15) is 0 Å². The topological polar surface area (TPSA) is 29.3 Å². The zero-order chi connectivity index (χ0) is 13.0. The van der Waals surface area contributed by atoms with Gasteiger partial charge >= 0.3 is 0 Å². The van der Waals surface area contributed by atoms with Crippen LogP contribution in [0, 0.1) is 12.8 Å². The maximum absolute atomic E-state index is 6.06. The summed E-state index contributed by atoms with van der Waals surface area (Å²) in [5.74, 6) is 0.794. The Labute approximate surface area is 111 Å². The van der Waals surface area contributed by atoms with E-state index in [0.717, 1.165) is 12.5 Å². The van der Waals surface area contributed by atoms with Gasteiger partial charge in [-0.05, 0) is 50.3 Å². The second-order valence-electron chi connectivity index (χ2n) is 5.92. The number of aryl methyl sites for hydroxylation is 1. The summed E-state index contributed by atoms with van der Waals surface area (Å²) in [7, 11) is 2.23. The van der Waals surface area contributed by atoms with Crippen LogP contribution in [0.2, 0.25) is 0 Å². The van der Waals surface area contributed by atoms with Gasteiger partial charge in [0, 0.05) is 19.1 Å². The monoisotopic (exact) mass is 246 g/mol. The van der Waals surface area contributed by atoms with E-state index in [4.69, 9.17) is 5.73 Å². The van der Waals surface area contributed by atoms with Crippen LogP contribution in [-0.2, 0) is 6.54 Å². The molecule has 1 aromatic carbocycles. The molecular formula is C16H26N2. The first kappa shape index (κ1) is 13.6. The van der Waals surface area contributed by atoms with Crippen LogP contribution in [0.3, 0.4) is 0 Å². The largest absolute Gasteiger partial charge is 0.328 e. The van der Waals surface area contributed by atoms with Crippen LogP contribution < -0.4 is 5.73 Å². The van der Waals surface area contributed by atoms with Crippen molar-refractivity contribution in [1.29, 1.82) is 0 Å². The quantitative estimate of drug-likeness (QED) is 0.885. The van der Waals surface area contributed by atoms with Crippen molar-refractivity contribution in [3.63, 3.8) is 0 Å². The molecule has 1 aliphatic rings. The highest BCUT2D eigenvalue weighted by Crippen LogP contribution is 2.24. The summed E-state index contributed by atoms with van der Waals surface area (Å²) in [4.78, 5) is 2.45. The van der Waals surface area contributed by atoms with Gasteiger partial charge in [-0.25, -0.2) is 0 Å². The average Bonchev–Trinajstić information content (AvgIpc) is 2.32. The van der Waals surface area contributed by atoms with E-state index >= 15 is 0 Å². The van der Waals surface area contributed by atoms with Gasteiger partial charge < -0.3 is 10.6 Å². The Balaban J connectivity index is 1.85. The van der Waals surface area contributed by atoms with E-state index in [0.29, 0.717) is 6.04 Å². The molecule has 0 spiro atoms. The summed E-state index contributed by atoms with van der Waals surface area (Å²) in [6.07, 6.45) is 5.09. The molecule has 2 heteroatoms. The highest BCUT2D eigenvalue weighted by Gasteiger charge is 2.20. The highest BCUT2D eigenvalue weighted by molar-refractivity contribution is 5.25. The number of hydrogen-bond acceptors (Lipinski definition) is 2. The molecule has 0 bridgehead atoms. The van der Waals surface area contributed by atoms with Crippen molar-refractivity contribution in [2.24, 2.45) is 11.7 Å². The molecule has 0 saturated heterocycles. The second-order valence-corrected chi connectivity index (χ2v) is 5.92. The van der Waals surface area contributed by atoms with Crippen LogP contribution in [0.5, 0.6) is 0 Å². The molecule has 0 heterocycles. The average molecular weight is 246 g/mol. The zero-order valence-electron chi connectivity index (χ0n) is 11.7. The Morgan fingerprint density at radius 3 is 2.78 bits per heavy atom. The van der Waals surface area contributed by atoms with Crippen LogP contribution in [0.1, 0.15) is 36.8 Å². The number of hydrogen-bond donors (Lipinski definition) is 1. The molecule has 1 aromatic rings. The third kappa shape index (κ3) is 3.82. The lowest BCUT2D eigenvalue weighted by molar-refractivity contribution is 0.216. The molecule has 2 N–H and O–H groups in total. The number of benzene rings is 1. The third-order valence-corrected chi connectivity index (χ3v) is 4.09. The summed E-state index contributed by atoms with van der Waals surface area (Å²) in [5.41, 5.74) is 8.90. The molecule has 2 rings (SSSR count). The molecule has 18 heavy (non-hydrogen) atoms. The van der Waals surface area contributed by atoms with Gasteiger partial charge in [-0.3, -0.25) is 0 Å².